The van der Waals surface area contributed by atoms with Crippen molar-refractivity contribution < 1.29 is 41.1 Å². The number of aromatic nitrogens is 3. The fourth-order valence-corrected chi connectivity index (χ4v) is 5.31. The second-order valence-electron chi connectivity index (χ2n) is 10.6. The smallest absolute Gasteiger partial charge is 0.426 e. The zero-order valence-corrected chi connectivity index (χ0v) is 25.9. The molecular formula is C31H27F5N6O4S. The summed E-state index contributed by atoms with van der Waals surface area (Å²) >= 11 is 1.17. The number of halogens is 5. The van der Waals surface area contributed by atoms with Crippen LogP contribution in [0.15, 0.2) is 78.0 Å². The van der Waals surface area contributed by atoms with Crippen LogP contribution in [-0.4, -0.2) is 49.9 Å². The van der Waals surface area contributed by atoms with Gasteiger partial charge in [0.05, 0.1) is 23.7 Å². The van der Waals surface area contributed by atoms with E-state index in [1.54, 1.807) is 24.3 Å². The summed E-state index contributed by atoms with van der Waals surface area (Å²) in [5.74, 6) is -0.223. The normalized spacial score (nSPS) is 14.7. The van der Waals surface area contributed by atoms with E-state index >= 15 is 0 Å². The van der Waals surface area contributed by atoms with Crippen molar-refractivity contribution >= 4 is 34.6 Å². The Morgan fingerprint density at radius 3 is 2.40 bits per heavy atom. The summed E-state index contributed by atoms with van der Waals surface area (Å²) in [5, 5.41) is 4.57. The summed E-state index contributed by atoms with van der Waals surface area (Å²) in [7, 11) is 0. The van der Waals surface area contributed by atoms with Crippen molar-refractivity contribution in [3.8, 4) is 22.8 Å². The Balaban J connectivity index is 1.17. The maximum Gasteiger partial charge on any atom is 0.499 e. The predicted molar refractivity (Wildman–Crippen MR) is 164 cm³/mol. The third-order valence-corrected chi connectivity index (χ3v) is 7.71. The molecule has 1 aliphatic heterocycles. The van der Waals surface area contributed by atoms with Gasteiger partial charge in [-0.1, -0.05) is 62.0 Å². The van der Waals surface area contributed by atoms with Gasteiger partial charge in [0, 0.05) is 5.56 Å². The fourth-order valence-electron chi connectivity index (χ4n) is 4.45. The molecule has 1 fully saturated rings. The number of nitrogens with one attached hydrogen (secondary N) is 1. The van der Waals surface area contributed by atoms with Crippen LogP contribution in [0.25, 0.3) is 17.1 Å². The standard InChI is InChI=1S/C31H27F5N6O4S/c1-18(2)24-13-4-19(3)14-25(24)42-26(43)16-47-29(42)38-28(44)40-45-15-20-5-7-21(8-6-20)27-37-17-41(39-27)22-9-11-23(12-10-22)46-31(35,36)30(32,33)34/h4-14,17-18H,15-16H2,1-3H3,(H,40,44)/b38-29-. The molecule has 4 aromatic rings. The molecule has 3 aromatic carbocycles. The van der Waals surface area contributed by atoms with E-state index in [4.69, 9.17) is 4.84 Å². The molecule has 1 aliphatic rings. The largest absolute Gasteiger partial charge is 0.499 e. The predicted octanol–water partition coefficient (Wildman–Crippen LogP) is 7.18. The number of urea groups is 1. The molecule has 0 atom stereocenters. The molecule has 2 heterocycles. The molecule has 0 aliphatic carbocycles. The quantitative estimate of drug-likeness (QED) is 0.148. The van der Waals surface area contributed by atoms with Crippen molar-refractivity contribution in [2.45, 2.75) is 45.6 Å². The van der Waals surface area contributed by atoms with Crippen LogP contribution in [0.1, 0.15) is 36.5 Å². The summed E-state index contributed by atoms with van der Waals surface area (Å²) in [6.45, 7) is 5.98. The lowest BCUT2D eigenvalue weighted by molar-refractivity contribution is -0.360. The van der Waals surface area contributed by atoms with Gasteiger partial charge in [0.2, 0.25) is 5.91 Å². The first-order chi connectivity index (χ1) is 22.2. The van der Waals surface area contributed by atoms with Gasteiger partial charge in [-0.15, -0.1) is 5.10 Å². The van der Waals surface area contributed by atoms with Gasteiger partial charge in [-0.3, -0.25) is 14.5 Å². The molecule has 246 valence electrons. The summed E-state index contributed by atoms with van der Waals surface area (Å²) in [4.78, 5) is 40.4. The first-order valence-corrected chi connectivity index (χ1v) is 15.0. The molecule has 0 spiro atoms. The van der Waals surface area contributed by atoms with Crippen LogP contribution in [0.5, 0.6) is 5.75 Å². The highest BCUT2D eigenvalue weighted by molar-refractivity contribution is 8.15. The number of anilines is 1. The molecule has 10 nitrogen and oxygen atoms in total. The van der Waals surface area contributed by atoms with E-state index in [-0.39, 0.29) is 29.4 Å². The number of benzene rings is 3. The average Bonchev–Trinajstić information content (AvgIpc) is 3.64. The maximum atomic E-state index is 13.1. The summed E-state index contributed by atoms with van der Waals surface area (Å²) < 4.78 is 68.5. The number of aliphatic imine (C=N–C) groups is 1. The van der Waals surface area contributed by atoms with E-state index in [0.717, 1.165) is 23.3 Å². The van der Waals surface area contributed by atoms with Crippen LogP contribution in [0.3, 0.4) is 0 Å². The molecule has 0 unspecified atom stereocenters. The second-order valence-corrected chi connectivity index (χ2v) is 11.6. The van der Waals surface area contributed by atoms with Crippen molar-refractivity contribution in [3.05, 3.63) is 89.7 Å². The maximum absolute atomic E-state index is 13.1. The Hall–Kier alpha value is -4.83. The molecular weight excluding hydrogens is 647 g/mol. The number of aryl methyl sites for hydroxylation is 1. The Morgan fingerprint density at radius 2 is 1.74 bits per heavy atom. The molecule has 1 N–H and O–H groups in total. The first kappa shape index (κ1) is 33.5. The topological polar surface area (TPSA) is 111 Å². The summed E-state index contributed by atoms with van der Waals surface area (Å²) in [6.07, 6.45) is -9.83. The number of ether oxygens (including phenoxy) is 1. The van der Waals surface area contributed by atoms with Crippen LogP contribution in [-0.2, 0) is 16.2 Å². The van der Waals surface area contributed by atoms with E-state index in [0.29, 0.717) is 28.3 Å². The van der Waals surface area contributed by atoms with E-state index in [1.165, 1.54) is 39.8 Å². The molecule has 0 bridgehead atoms. The number of hydroxylamine groups is 1. The number of hydrogen-bond donors (Lipinski definition) is 1. The van der Waals surface area contributed by atoms with Gasteiger partial charge < -0.3 is 4.74 Å². The minimum atomic E-state index is -5.85. The number of carbonyl (C=O) groups excluding carboxylic acids is 2. The SMILES string of the molecule is Cc1ccc(C(C)C)c(N2C(=O)CS/C2=N\C(=O)NOCc2ccc(-c3ncn(-c4ccc(OC(F)(F)C(F)(F)F)cc4)n3)cc2)c1. The van der Waals surface area contributed by atoms with Crippen LogP contribution in [0.2, 0.25) is 0 Å². The zero-order chi connectivity index (χ0) is 33.9. The number of amidine groups is 1. The van der Waals surface area contributed by atoms with Crippen molar-refractivity contribution in [1.29, 1.82) is 0 Å². The Kier molecular flexibility index (Phi) is 9.63. The molecule has 5 rings (SSSR count). The number of alkyl halides is 5. The van der Waals surface area contributed by atoms with Crippen LogP contribution in [0, 0.1) is 6.92 Å². The average molecular weight is 675 g/mol. The lowest BCUT2D eigenvalue weighted by atomic mass is 9.99. The molecule has 0 radical (unpaired) electrons. The van der Waals surface area contributed by atoms with Crippen molar-refractivity contribution in [1.82, 2.24) is 20.2 Å². The number of nitrogens with zero attached hydrogens (tertiary/aromatic N) is 5. The lowest BCUT2D eigenvalue weighted by Crippen LogP contribution is -2.41. The minimum Gasteiger partial charge on any atom is -0.426 e. The highest BCUT2D eigenvalue weighted by atomic mass is 32.2. The Bertz CT molecular complexity index is 1790. The Morgan fingerprint density at radius 1 is 1.04 bits per heavy atom. The van der Waals surface area contributed by atoms with Gasteiger partial charge in [0.1, 0.15) is 12.1 Å². The number of amides is 3. The van der Waals surface area contributed by atoms with Gasteiger partial charge in [-0.05, 0) is 59.9 Å². The molecule has 0 saturated carbocycles. The Labute approximate surface area is 269 Å². The zero-order valence-electron chi connectivity index (χ0n) is 25.1. The minimum absolute atomic E-state index is 0.00567. The number of hydrogen-bond acceptors (Lipinski definition) is 7. The number of thioether (sulfide) groups is 1. The second kappa shape index (κ2) is 13.5. The number of rotatable bonds is 9. The molecule has 47 heavy (non-hydrogen) atoms. The van der Waals surface area contributed by atoms with Gasteiger partial charge in [-0.2, -0.15) is 26.9 Å². The van der Waals surface area contributed by atoms with E-state index in [2.05, 4.69) is 25.3 Å². The summed E-state index contributed by atoms with van der Waals surface area (Å²) in [6, 6.07) is 16.4. The monoisotopic (exact) mass is 674 g/mol. The highest BCUT2D eigenvalue weighted by Gasteiger charge is 2.61. The van der Waals surface area contributed by atoms with Gasteiger partial charge in [0.15, 0.2) is 11.0 Å². The fraction of sp³-hybridized carbons (Fsp3) is 0.258. The summed E-state index contributed by atoms with van der Waals surface area (Å²) in [5.41, 5.74) is 6.56. The third kappa shape index (κ3) is 7.77. The lowest BCUT2D eigenvalue weighted by Gasteiger charge is -2.22. The molecule has 1 aromatic heterocycles. The molecule has 3 amide bonds. The molecule has 16 heteroatoms. The van der Waals surface area contributed by atoms with E-state index < -0.39 is 24.1 Å². The van der Waals surface area contributed by atoms with E-state index in [1.807, 2.05) is 39.0 Å². The molecule has 1 saturated heterocycles. The number of carbonyl (C=O) groups is 2. The van der Waals surface area contributed by atoms with Gasteiger partial charge >= 0.3 is 18.3 Å². The highest BCUT2D eigenvalue weighted by Crippen LogP contribution is 2.37. The van der Waals surface area contributed by atoms with Crippen molar-refractivity contribution in [2.75, 3.05) is 10.7 Å². The van der Waals surface area contributed by atoms with Gasteiger partial charge in [-0.25, -0.2) is 19.9 Å². The van der Waals surface area contributed by atoms with Crippen LogP contribution >= 0.6 is 11.8 Å². The first-order valence-electron chi connectivity index (χ1n) is 14.0. The van der Waals surface area contributed by atoms with Crippen LogP contribution in [0.4, 0.5) is 32.4 Å². The van der Waals surface area contributed by atoms with Crippen molar-refractivity contribution in [3.63, 3.8) is 0 Å². The van der Waals surface area contributed by atoms with Crippen LogP contribution < -0.4 is 15.1 Å². The third-order valence-electron chi connectivity index (χ3n) is 6.79. The van der Waals surface area contributed by atoms with Crippen molar-refractivity contribution in [2.24, 2.45) is 4.99 Å². The van der Waals surface area contributed by atoms with E-state index in [9.17, 15) is 31.5 Å². The van der Waals surface area contributed by atoms with Gasteiger partial charge in [0.25, 0.3) is 0 Å².